The van der Waals surface area contributed by atoms with Gasteiger partial charge in [0.2, 0.25) is 5.91 Å². The van der Waals surface area contributed by atoms with E-state index in [2.05, 4.69) is 10.3 Å². The number of aromatic nitrogens is 2. The van der Waals surface area contributed by atoms with Gasteiger partial charge in [0, 0.05) is 24.0 Å². The summed E-state index contributed by atoms with van der Waals surface area (Å²) in [6, 6.07) is 7.65. The van der Waals surface area contributed by atoms with Crippen molar-refractivity contribution in [1.29, 1.82) is 0 Å². The lowest BCUT2D eigenvalue weighted by atomic mass is 9.94. The van der Waals surface area contributed by atoms with E-state index >= 15 is 0 Å². The number of fused-ring (bicyclic) bond motifs is 3. The lowest BCUT2D eigenvalue weighted by Gasteiger charge is -2.29. The maximum Gasteiger partial charge on any atom is 0.262 e. The molecule has 29 heavy (non-hydrogen) atoms. The average molecular weight is 430 g/mol. The zero-order valence-electron chi connectivity index (χ0n) is 16.9. The Hall–Kier alpha value is -2.16. The lowest BCUT2D eigenvalue weighted by Crippen LogP contribution is -2.32. The number of hydrogen-bond acceptors (Lipinski definition) is 6. The maximum absolute atomic E-state index is 13.0. The molecule has 1 aliphatic rings. The number of anilines is 1. The number of nitrogens with zero attached hydrogens (tertiary/aromatic N) is 2. The van der Waals surface area contributed by atoms with Crippen LogP contribution in [-0.2, 0) is 29.6 Å². The molecule has 1 aromatic carbocycles. The molecule has 3 heterocycles. The first-order chi connectivity index (χ1) is 13.7. The molecule has 0 unspecified atom stereocenters. The third kappa shape index (κ3) is 4.10. The lowest BCUT2D eigenvalue weighted by molar-refractivity contribution is -0.113. The van der Waals surface area contributed by atoms with Crippen LogP contribution in [0.15, 0.2) is 34.2 Å². The van der Waals surface area contributed by atoms with E-state index in [1.54, 1.807) is 11.6 Å². The van der Waals surface area contributed by atoms with Crippen molar-refractivity contribution in [1.82, 2.24) is 9.55 Å². The second kappa shape index (κ2) is 7.59. The van der Waals surface area contributed by atoms with Crippen LogP contribution in [0.1, 0.15) is 29.9 Å². The number of rotatable bonds is 4. The van der Waals surface area contributed by atoms with Gasteiger partial charge in [0.05, 0.1) is 23.3 Å². The van der Waals surface area contributed by atoms with Gasteiger partial charge in [-0.2, -0.15) is 0 Å². The van der Waals surface area contributed by atoms with Crippen molar-refractivity contribution in [2.45, 2.75) is 44.6 Å². The minimum Gasteiger partial charge on any atom is -0.370 e. The highest BCUT2D eigenvalue weighted by Crippen LogP contribution is 2.37. The van der Waals surface area contributed by atoms with Gasteiger partial charge in [-0.25, -0.2) is 4.98 Å². The Morgan fingerprint density at radius 1 is 1.34 bits per heavy atom. The predicted molar refractivity (Wildman–Crippen MR) is 118 cm³/mol. The largest absolute Gasteiger partial charge is 0.370 e. The van der Waals surface area contributed by atoms with Gasteiger partial charge in [-0.05, 0) is 38.5 Å². The minimum absolute atomic E-state index is 0.0633. The van der Waals surface area contributed by atoms with Gasteiger partial charge in [-0.15, -0.1) is 11.3 Å². The Labute approximate surface area is 177 Å². The zero-order valence-corrected chi connectivity index (χ0v) is 18.5. The van der Waals surface area contributed by atoms with E-state index in [1.165, 1.54) is 23.1 Å². The van der Waals surface area contributed by atoms with Crippen LogP contribution in [0.25, 0.3) is 10.2 Å². The van der Waals surface area contributed by atoms with Crippen molar-refractivity contribution in [3.05, 3.63) is 50.6 Å². The molecule has 0 aliphatic carbocycles. The van der Waals surface area contributed by atoms with Gasteiger partial charge in [-0.3, -0.25) is 14.2 Å². The molecule has 0 saturated carbocycles. The van der Waals surface area contributed by atoms with Crippen LogP contribution < -0.4 is 10.9 Å². The molecule has 0 fully saturated rings. The van der Waals surface area contributed by atoms with E-state index < -0.39 is 0 Å². The number of carbonyl (C=O) groups is 1. The fraction of sp³-hybridized carbons (Fsp3) is 0.381. The molecule has 1 aliphatic heterocycles. The van der Waals surface area contributed by atoms with E-state index in [0.717, 1.165) is 26.5 Å². The summed E-state index contributed by atoms with van der Waals surface area (Å²) < 4.78 is 7.42. The van der Waals surface area contributed by atoms with Crippen LogP contribution in [0, 0.1) is 6.92 Å². The summed E-state index contributed by atoms with van der Waals surface area (Å²) in [5, 5.41) is 4.10. The summed E-state index contributed by atoms with van der Waals surface area (Å²) >= 11 is 2.78. The summed E-state index contributed by atoms with van der Waals surface area (Å²) in [6.07, 6.45) is 0.699. The number of thiophene rings is 1. The van der Waals surface area contributed by atoms with Crippen LogP contribution in [0.4, 0.5) is 5.69 Å². The van der Waals surface area contributed by atoms with Gasteiger partial charge >= 0.3 is 0 Å². The van der Waals surface area contributed by atoms with E-state index in [0.29, 0.717) is 23.6 Å². The highest BCUT2D eigenvalue weighted by Gasteiger charge is 2.31. The predicted octanol–water partition coefficient (Wildman–Crippen LogP) is 3.89. The molecule has 2 aromatic heterocycles. The van der Waals surface area contributed by atoms with Crippen molar-refractivity contribution in [3.8, 4) is 0 Å². The van der Waals surface area contributed by atoms with E-state index in [1.807, 2.05) is 45.0 Å². The third-order valence-corrected chi connectivity index (χ3v) is 7.07. The second-order valence-electron chi connectivity index (χ2n) is 7.87. The number of hydrogen-bond donors (Lipinski definition) is 1. The molecule has 8 heteroatoms. The van der Waals surface area contributed by atoms with Crippen LogP contribution in [-0.4, -0.2) is 26.8 Å². The molecule has 0 radical (unpaired) electrons. The Kier molecular flexibility index (Phi) is 5.27. The maximum atomic E-state index is 13.0. The molecule has 0 spiro atoms. The Morgan fingerprint density at radius 2 is 2.07 bits per heavy atom. The summed E-state index contributed by atoms with van der Waals surface area (Å²) in [7, 11) is 1.71. The van der Waals surface area contributed by atoms with Crippen molar-refractivity contribution in [2.24, 2.45) is 7.05 Å². The second-order valence-corrected chi connectivity index (χ2v) is 9.90. The SMILES string of the molecule is Cc1ccc(NC(=O)CSc2nc3sc4c(c3c(=O)n2C)CC(C)(C)OC4)cc1. The van der Waals surface area contributed by atoms with Crippen LogP contribution in [0.5, 0.6) is 0 Å². The van der Waals surface area contributed by atoms with E-state index in [4.69, 9.17) is 4.74 Å². The molecule has 0 bridgehead atoms. The monoisotopic (exact) mass is 429 g/mol. The Balaban J connectivity index is 1.55. The smallest absolute Gasteiger partial charge is 0.262 e. The van der Waals surface area contributed by atoms with Gasteiger partial charge in [0.15, 0.2) is 5.16 Å². The van der Waals surface area contributed by atoms with Crippen molar-refractivity contribution in [2.75, 3.05) is 11.1 Å². The number of aryl methyl sites for hydroxylation is 1. The van der Waals surface area contributed by atoms with Crippen molar-refractivity contribution >= 4 is 44.9 Å². The zero-order chi connectivity index (χ0) is 20.8. The molecule has 6 nitrogen and oxygen atoms in total. The first-order valence-electron chi connectivity index (χ1n) is 9.38. The number of benzene rings is 1. The van der Waals surface area contributed by atoms with E-state index in [-0.39, 0.29) is 22.8 Å². The molecule has 3 aromatic rings. The summed E-state index contributed by atoms with van der Waals surface area (Å²) in [5.41, 5.74) is 2.60. The van der Waals surface area contributed by atoms with Gasteiger partial charge < -0.3 is 10.1 Å². The highest BCUT2D eigenvalue weighted by molar-refractivity contribution is 7.99. The van der Waals surface area contributed by atoms with Crippen molar-refractivity contribution in [3.63, 3.8) is 0 Å². The van der Waals surface area contributed by atoms with Gasteiger partial charge in [0.1, 0.15) is 4.83 Å². The summed E-state index contributed by atoms with van der Waals surface area (Å²) in [4.78, 5) is 31.8. The van der Waals surface area contributed by atoms with Gasteiger partial charge in [-0.1, -0.05) is 29.5 Å². The molecule has 1 amide bonds. The fourth-order valence-electron chi connectivity index (χ4n) is 3.35. The fourth-order valence-corrected chi connectivity index (χ4v) is 5.26. The molecule has 0 atom stereocenters. The van der Waals surface area contributed by atoms with Crippen LogP contribution in [0.2, 0.25) is 0 Å². The standard InChI is InChI=1S/C21H23N3O3S2/c1-12-5-7-13(8-6-12)22-16(25)11-28-20-23-18-17(19(26)24(20)4)14-9-21(2,3)27-10-15(14)29-18/h5-8H,9-11H2,1-4H3,(H,22,25). The van der Waals surface area contributed by atoms with Crippen molar-refractivity contribution < 1.29 is 9.53 Å². The quantitative estimate of drug-likeness (QED) is 0.503. The Bertz CT molecular complexity index is 1150. The number of ether oxygens (including phenoxy) is 1. The average Bonchev–Trinajstić information content (AvgIpc) is 3.01. The number of nitrogens with one attached hydrogen (secondary N) is 1. The van der Waals surface area contributed by atoms with Gasteiger partial charge in [0.25, 0.3) is 5.56 Å². The van der Waals surface area contributed by atoms with Crippen LogP contribution in [0.3, 0.4) is 0 Å². The third-order valence-electron chi connectivity index (χ3n) is 4.94. The molecular formula is C21H23N3O3S2. The molecule has 0 saturated heterocycles. The first kappa shape index (κ1) is 20.1. The molecule has 1 N–H and O–H groups in total. The topological polar surface area (TPSA) is 73.2 Å². The number of amides is 1. The first-order valence-corrected chi connectivity index (χ1v) is 11.2. The number of carbonyl (C=O) groups excluding carboxylic acids is 1. The molecule has 4 rings (SSSR count). The summed E-state index contributed by atoms with van der Waals surface area (Å²) in [6.45, 7) is 6.58. The minimum atomic E-state index is -0.284. The highest BCUT2D eigenvalue weighted by atomic mass is 32.2. The molecular weight excluding hydrogens is 406 g/mol. The summed E-state index contributed by atoms with van der Waals surface area (Å²) in [5.74, 6) is 0.0507. The number of thioether (sulfide) groups is 1. The Morgan fingerprint density at radius 3 is 2.79 bits per heavy atom. The van der Waals surface area contributed by atoms with E-state index in [9.17, 15) is 9.59 Å². The van der Waals surface area contributed by atoms with Crippen LogP contribution >= 0.6 is 23.1 Å². The molecule has 152 valence electrons. The normalized spacial score (nSPS) is 15.3.